The lowest BCUT2D eigenvalue weighted by Crippen LogP contribution is -2.35. The number of H-pyrrole nitrogens is 1. The summed E-state index contributed by atoms with van der Waals surface area (Å²) in [6.45, 7) is 2.25. The molecular formula is C15H13ClN4OS2. The van der Waals surface area contributed by atoms with E-state index >= 15 is 0 Å². The molecule has 0 saturated carbocycles. The van der Waals surface area contributed by atoms with Crippen LogP contribution in [0.2, 0.25) is 4.47 Å². The summed E-state index contributed by atoms with van der Waals surface area (Å²) in [5, 5.41) is 1.98. The van der Waals surface area contributed by atoms with Gasteiger partial charge in [-0.3, -0.25) is 9.69 Å². The molecule has 3 aromatic heterocycles. The number of aromatic nitrogens is 3. The average Bonchev–Trinajstić information content (AvgIpc) is 3.20. The van der Waals surface area contributed by atoms with Gasteiger partial charge in [0.25, 0.3) is 5.56 Å². The second-order valence-electron chi connectivity index (χ2n) is 5.36. The number of halogens is 1. The number of thiazole rings is 1. The predicted molar refractivity (Wildman–Crippen MR) is 93.1 cm³/mol. The molecule has 0 spiro atoms. The molecule has 1 aliphatic heterocycles. The molecule has 0 fully saturated rings. The smallest absolute Gasteiger partial charge is 0.255 e. The number of nitrogens with one attached hydrogen (secondary N) is 1. The lowest BCUT2D eigenvalue weighted by Gasteiger charge is -2.27. The second kappa shape index (κ2) is 6.16. The Morgan fingerprint density at radius 1 is 1.43 bits per heavy atom. The van der Waals surface area contributed by atoms with Crippen molar-refractivity contribution < 1.29 is 0 Å². The van der Waals surface area contributed by atoms with Crippen molar-refractivity contribution in [1.29, 1.82) is 0 Å². The van der Waals surface area contributed by atoms with Gasteiger partial charge in [-0.2, -0.15) is 0 Å². The number of rotatable bonds is 3. The van der Waals surface area contributed by atoms with Gasteiger partial charge in [0.15, 0.2) is 10.3 Å². The van der Waals surface area contributed by atoms with Gasteiger partial charge >= 0.3 is 0 Å². The highest BCUT2D eigenvalue weighted by atomic mass is 35.5. The third-order valence-corrected chi connectivity index (χ3v) is 5.78. The number of thiophene rings is 1. The quantitative estimate of drug-likeness (QED) is 0.775. The van der Waals surface area contributed by atoms with E-state index in [9.17, 15) is 4.79 Å². The fourth-order valence-corrected chi connectivity index (χ4v) is 4.41. The lowest BCUT2D eigenvalue weighted by atomic mass is 10.1. The number of aromatic amines is 1. The first-order valence-electron chi connectivity index (χ1n) is 7.17. The van der Waals surface area contributed by atoms with E-state index in [1.807, 2.05) is 17.5 Å². The highest BCUT2D eigenvalue weighted by Crippen LogP contribution is 2.24. The molecule has 0 atom stereocenters. The Balaban J connectivity index is 1.59. The number of hydrogen-bond donors (Lipinski definition) is 1. The molecule has 23 heavy (non-hydrogen) atoms. The molecule has 4 rings (SSSR count). The normalized spacial score (nSPS) is 14.8. The Morgan fingerprint density at radius 3 is 3.09 bits per heavy atom. The van der Waals surface area contributed by atoms with Crippen LogP contribution >= 0.6 is 34.3 Å². The maximum absolute atomic E-state index is 12.4. The van der Waals surface area contributed by atoms with E-state index in [0.29, 0.717) is 16.8 Å². The Morgan fingerprint density at radius 2 is 2.35 bits per heavy atom. The molecule has 0 aliphatic carbocycles. The highest BCUT2D eigenvalue weighted by Gasteiger charge is 2.22. The average molecular weight is 365 g/mol. The van der Waals surface area contributed by atoms with E-state index in [0.717, 1.165) is 40.5 Å². The third-order valence-electron chi connectivity index (χ3n) is 3.81. The minimum absolute atomic E-state index is 0.0366. The van der Waals surface area contributed by atoms with Crippen LogP contribution in [-0.2, 0) is 19.5 Å². The van der Waals surface area contributed by atoms with Crippen LogP contribution in [0.25, 0.3) is 10.7 Å². The van der Waals surface area contributed by atoms with Gasteiger partial charge in [0.1, 0.15) is 0 Å². The van der Waals surface area contributed by atoms with Gasteiger partial charge in [0.05, 0.1) is 16.1 Å². The van der Waals surface area contributed by atoms with Gasteiger partial charge in [-0.15, -0.1) is 22.7 Å². The first kappa shape index (κ1) is 15.0. The standard InChI is InChI=1S/C15H13ClN4OS2/c16-15-17-6-9(23-15)7-20-4-3-11-10(8-20)14(21)19-13(18-11)12-2-1-5-22-12/h1-2,5-6H,3-4,7-8H2,(H,18,19,21). The van der Waals surface area contributed by atoms with Crippen LogP contribution in [0.5, 0.6) is 0 Å². The molecular weight excluding hydrogens is 352 g/mol. The molecule has 4 heterocycles. The van der Waals surface area contributed by atoms with Crippen molar-refractivity contribution in [3.63, 3.8) is 0 Å². The molecule has 0 unspecified atom stereocenters. The van der Waals surface area contributed by atoms with E-state index in [2.05, 4.69) is 19.9 Å². The summed E-state index contributed by atoms with van der Waals surface area (Å²) in [6, 6.07) is 3.93. The molecule has 8 heteroatoms. The molecule has 0 aromatic carbocycles. The van der Waals surface area contributed by atoms with Crippen LogP contribution in [0.3, 0.4) is 0 Å². The summed E-state index contributed by atoms with van der Waals surface area (Å²) in [5.41, 5.74) is 1.65. The monoisotopic (exact) mass is 364 g/mol. The van der Waals surface area contributed by atoms with E-state index in [-0.39, 0.29) is 5.56 Å². The van der Waals surface area contributed by atoms with Crippen LogP contribution in [0.15, 0.2) is 28.5 Å². The largest absolute Gasteiger partial charge is 0.306 e. The number of fused-ring (bicyclic) bond motifs is 1. The molecule has 0 amide bonds. The van der Waals surface area contributed by atoms with Crippen molar-refractivity contribution in [3.05, 3.63) is 54.7 Å². The van der Waals surface area contributed by atoms with Crippen molar-refractivity contribution >= 4 is 34.3 Å². The molecule has 0 radical (unpaired) electrons. The molecule has 0 saturated heterocycles. The predicted octanol–water partition coefficient (Wildman–Crippen LogP) is 3.17. The fourth-order valence-electron chi connectivity index (χ4n) is 2.72. The van der Waals surface area contributed by atoms with Crippen LogP contribution < -0.4 is 5.56 Å². The van der Waals surface area contributed by atoms with Crippen LogP contribution in [0.4, 0.5) is 0 Å². The lowest BCUT2D eigenvalue weighted by molar-refractivity contribution is 0.244. The molecule has 118 valence electrons. The summed E-state index contributed by atoms with van der Waals surface area (Å²) in [6.07, 6.45) is 2.58. The number of nitrogens with zero attached hydrogens (tertiary/aromatic N) is 3. The second-order valence-corrected chi connectivity index (χ2v) is 8.00. The minimum Gasteiger partial charge on any atom is -0.306 e. The van der Waals surface area contributed by atoms with Gasteiger partial charge in [0.2, 0.25) is 0 Å². The van der Waals surface area contributed by atoms with Gasteiger partial charge in [-0.05, 0) is 11.4 Å². The zero-order valence-corrected chi connectivity index (χ0v) is 14.5. The Labute approximate surface area is 145 Å². The summed E-state index contributed by atoms with van der Waals surface area (Å²) < 4.78 is 0.553. The maximum Gasteiger partial charge on any atom is 0.255 e. The first-order valence-corrected chi connectivity index (χ1v) is 9.25. The summed E-state index contributed by atoms with van der Waals surface area (Å²) in [7, 11) is 0. The summed E-state index contributed by atoms with van der Waals surface area (Å²) in [5.74, 6) is 0.673. The van der Waals surface area contributed by atoms with Crippen molar-refractivity contribution in [3.8, 4) is 10.7 Å². The highest BCUT2D eigenvalue weighted by molar-refractivity contribution is 7.15. The van der Waals surface area contributed by atoms with Crippen molar-refractivity contribution in [2.45, 2.75) is 19.5 Å². The molecule has 5 nitrogen and oxygen atoms in total. The first-order chi connectivity index (χ1) is 11.2. The van der Waals surface area contributed by atoms with E-state index in [1.165, 1.54) is 11.3 Å². The Hall–Kier alpha value is -1.54. The van der Waals surface area contributed by atoms with Crippen LogP contribution in [0.1, 0.15) is 16.1 Å². The molecule has 1 N–H and O–H groups in total. The van der Waals surface area contributed by atoms with Gasteiger partial charge < -0.3 is 4.98 Å². The zero-order valence-electron chi connectivity index (χ0n) is 12.1. The van der Waals surface area contributed by atoms with E-state index in [4.69, 9.17) is 11.6 Å². The topological polar surface area (TPSA) is 61.9 Å². The van der Waals surface area contributed by atoms with Gasteiger partial charge in [0, 0.05) is 37.1 Å². The van der Waals surface area contributed by atoms with Gasteiger partial charge in [-0.25, -0.2) is 9.97 Å². The molecule has 3 aromatic rings. The number of hydrogen-bond acceptors (Lipinski definition) is 6. The maximum atomic E-state index is 12.4. The van der Waals surface area contributed by atoms with Gasteiger partial charge in [-0.1, -0.05) is 17.7 Å². The zero-order chi connectivity index (χ0) is 15.8. The third kappa shape index (κ3) is 3.10. The minimum atomic E-state index is -0.0366. The molecule has 0 bridgehead atoms. The summed E-state index contributed by atoms with van der Waals surface area (Å²) >= 11 is 8.93. The fraction of sp³-hybridized carbons (Fsp3) is 0.267. The van der Waals surface area contributed by atoms with Crippen molar-refractivity contribution in [2.75, 3.05) is 6.54 Å². The van der Waals surface area contributed by atoms with Crippen molar-refractivity contribution in [1.82, 2.24) is 19.9 Å². The van der Waals surface area contributed by atoms with Crippen molar-refractivity contribution in [2.24, 2.45) is 0 Å². The Bertz CT molecular complexity index is 887. The van der Waals surface area contributed by atoms with Crippen LogP contribution in [-0.4, -0.2) is 26.4 Å². The Kier molecular flexibility index (Phi) is 4.02. The van der Waals surface area contributed by atoms with Crippen LogP contribution in [0, 0.1) is 0 Å². The SMILES string of the molecule is O=c1[nH]c(-c2cccs2)nc2c1CN(Cc1cnc(Cl)s1)CC2. The summed E-state index contributed by atoms with van der Waals surface area (Å²) in [4.78, 5) is 28.4. The van der Waals surface area contributed by atoms with E-state index < -0.39 is 0 Å². The molecule has 1 aliphatic rings. The van der Waals surface area contributed by atoms with E-state index in [1.54, 1.807) is 17.5 Å².